The average molecular weight is 200 g/mol. The van der Waals surface area contributed by atoms with Crippen LogP contribution in [0.4, 0.5) is 0 Å². The number of carbonyl (C=O) groups is 1. The fourth-order valence-electron chi connectivity index (χ4n) is 1.78. The number of rotatable bonds is 2. The Morgan fingerprint density at radius 1 is 1.27 bits per heavy atom. The molecule has 0 saturated heterocycles. The summed E-state index contributed by atoms with van der Waals surface area (Å²) in [6.45, 7) is 0. The molecule has 0 aromatic heterocycles. The molecule has 0 amide bonds. The minimum Gasteiger partial charge on any atom is -0.481 e. The summed E-state index contributed by atoms with van der Waals surface area (Å²) < 4.78 is 0. The van der Waals surface area contributed by atoms with E-state index in [0.717, 1.165) is 17.6 Å². The number of carboxylic acids is 1. The van der Waals surface area contributed by atoms with Gasteiger partial charge in [0.25, 0.3) is 0 Å². The van der Waals surface area contributed by atoms with Gasteiger partial charge in [0, 0.05) is 0 Å². The van der Waals surface area contributed by atoms with Gasteiger partial charge in [-0.25, -0.2) is 0 Å². The van der Waals surface area contributed by atoms with Crippen LogP contribution >= 0.6 is 0 Å². The lowest BCUT2D eigenvalue weighted by Gasteiger charge is -2.16. The molecule has 1 aliphatic rings. The van der Waals surface area contributed by atoms with Crippen molar-refractivity contribution in [1.82, 2.24) is 0 Å². The molecule has 2 heteroatoms. The van der Waals surface area contributed by atoms with Gasteiger partial charge >= 0.3 is 5.97 Å². The van der Waals surface area contributed by atoms with Gasteiger partial charge in [-0.1, -0.05) is 48.6 Å². The Morgan fingerprint density at radius 3 is 2.67 bits per heavy atom. The third kappa shape index (κ3) is 1.99. The molecular formula is C13H12O2. The standard InChI is InChI=1S/C13H12O2/c14-13(15)12-9-5-4-8-11(12)10-6-2-1-3-7-10/h1-3,5-9,12H,4H2,(H,14,15). The lowest BCUT2D eigenvalue weighted by molar-refractivity contribution is -0.138. The van der Waals surface area contributed by atoms with Crippen molar-refractivity contribution < 1.29 is 9.90 Å². The van der Waals surface area contributed by atoms with Crippen LogP contribution < -0.4 is 0 Å². The second-order valence-corrected chi connectivity index (χ2v) is 3.51. The topological polar surface area (TPSA) is 37.3 Å². The molecule has 1 atom stereocenters. The molecule has 0 saturated carbocycles. The van der Waals surface area contributed by atoms with Crippen LogP contribution in [0.15, 0.2) is 48.6 Å². The van der Waals surface area contributed by atoms with E-state index >= 15 is 0 Å². The van der Waals surface area contributed by atoms with E-state index in [1.165, 1.54) is 0 Å². The van der Waals surface area contributed by atoms with Crippen LogP contribution in [0.25, 0.3) is 5.57 Å². The summed E-state index contributed by atoms with van der Waals surface area (Å²) in [5.74, 6) is -1.29. The first-order valence-corrected chi connectivity index (χ1v) is 4.94. The zero-order chi connectivity index (χ0) is 10.7. The third-order valence-electron chi connectivity index (χ3n) is 2.51. The average Bonchev–Trinajstić information content (AvgIpc) is 2.30. The summed E-state index contributed by atoms with van der Waals surface area (Å²) in [6, 6.07) is 9.67. The molecule has 0 radical (unpaired) electrons. The van der Waals surface area contributed by atoms with Crippen LogP contribution in [-0.4, -0.2) is 11.1 Å². The number of carboxylic acid groups (broad SMARTS) is 1. The second kappa shape index (κ2) is 4.13. The van der Waals surface area contributed by atoms with Gasteiger partial charge in [-0.05, 0) is 17.6 Å². The molecule has 0 bridgehead atoms. The summed E-state index contributed by atoms with van der Waals surface area (Å²) in [6.07, 6.45) is 6.44. The maximum atomic E-state index is 11.0. The Morgan fingerprint density at radius 2 is 2.00 bits per heavy atom. The molecule has 0 heterocycles. The Balaban J connectivity index is 2.36. The Labute approximate surface area is 88.6 Å². The maximum Gasteiger partial charge on any atom is 0.314 e. The predicted octanol–water partition coefficient (Wildman–Crippen LogP) is 2.73. The lowest BCUT2D eigenvalue weighted by atomic mass is 9.88. The highest BCUT2D eigenvalue weighted by Gasteiger charge is 2.21. The summed E-state index contributed by atoms with van der Waals surface area (Å²) in [5.41, 5.74) is 1.89. The molecular weight excluding hydrogens is 188 g/mol. The molecule has 0 aliphatic heterocycles. The smallest absolute Gasteiger partial charge is 0.314 e. The SMILES string of the molecule is O=C(O)C1C=CCC=C1c1ccccc1. The zero-order valence-electron chi connectivity index (χ0n) is 8.26. The van der Waals surface area contributed by atoms with E-state index in [1.807, 2.05) is 42.5 Å². The highest BCUT2D eigenvalue weighted by Crippen LogP contribution is 2.28. The van der Waals surface area contributed by atoms with E-state index in [1.54, 1.807) is 6.08 Å². The first-order chi connectivity index (χ1) is 7.29. The molecule has 0 spiro atoms. The monoisotopic (exact) mass is 200 g/mol. The fourth-order valence-corrected chi connectivity index (χ4v) is 1.78. The fraction of sp³-hybridized carbons (Fsp3) is 0.154. The minimum atomic E-state index is -0.791. The minimum absolute atomic E-state index is 0.499. The number of aliphatic carboxylic acids is 1. The van der Waals surface area contributed by atoms with Gasteiger partial charge in [0.1, 0.15) is 5.92 Å². The first-order valence-electron chi connectivity index (χ1n) is 4.94. The number of allylic oxidation sites excluding steroid dienone is 2. The molecule has 1 unspecified atom stereocenters. The van der Waals surface area contributed by atoms with Gasteiger partial charge in [0.2, 0.25) is 0 Å². The molecule has 2 rings (SSSR count). The normalized spacial score (nSPS) is 19.7. The lowest BCUT2D eigenvalue weighted by Crippen LogP contribution is -2.14. The van der Waals surface area contributed by atoms with Crippen molar-refractivity contribution in [3.8, 4) is 0 Å². The van der Waals surface area contributed by atoms with Gasteiger partial charge < -0.3 is 5.11 Å². The van der Waals surface area contributed by atoms with Crippen LogP contribution in [0, 0.1) is 5.92 Å². The van der Waals surface area contributed by atoms with Gasteiger partial charge in [-0.15, -0.1) is 0 Å². The van der Waals surface area contributed by atoms with Gasteiger partial charge in [-0.3, -0.25) is 4.79 Å². The van der Waals surface area contributed by atoms with Crippen molar-refractivity contribution in [2.75, 3.05) is 0 Å². The van der Waals surface area contributed by atoms with Crippen molar-refractivity contribution in [1.29, 1.82) is 0 Å². The van der Waals surface area contributed by atoms with E-state index in [-0.39, 0.29) is 0 Å². The van der Waals surface area contributed by atoms with Crippen LogP contribution in [-0.2, 0) is 4.79 Å². The molecule has 15 heavy (non-hydrogen) atoms. The van der Waals surface area contributed by atoms with E-state index in [9.17, 15) is 4.79 Å². The Kier molecular flexibility index (Phi) is 2.68. The Bertz CT molecular complexity index is 415. The molecule has 0 fully saturated rings. The van der Waals surface area contributed by atoms with Crippen molar-refractivity contribution in [3.05, 3.63) is 54.1 Å². The summed E-state index contributed by atoms with van der Waals surface area (Å²) in [4.78, 5) is 11.0. The van der Waals surface area contributed by atoms with Crippen molar-refractivity contribution >= 4 is 11.5 Å². The third-order valence-corrected chi connectivity index (χ3v) is 2.51. The van der Waals surface area contributed by atoms with E-state index in [0.29, 0.717) is 0 Å². The van der Waals surface area contributed by atoms with Crippen LogP contribution in [0.1, 0.15) is 12.0 Å². The second-order valence-electron chi connectivity index (χ2n) is 3.51. The van der Waals surface area contributed by atoms with Gasteiger partial charge in [-0.2, -0.15) is 0 Å². The summed E-state index contributed by atoms with van der Waals surface area (Å²) in [7, 11) is 0. The molecule has 1 N–H and O–H groups in total. The van der Waals surface area contributed by atoms with Crippen LogP contribution in [0.2, 0.25) is 0 Å². The quantitative estimate of drug-likeness (QED) is 0.745. The highest BCUT2D eigenvalue weighted by molar-refractivity contribution is 5.90. The summed E-state index contributed by atoms with van der Waals surface area (Å²) in [5, 5.41) is 9.08. The number of benzene rings is 1. The van der Waals surface area contributed by atoms with Crippen LogP contribution in [0.5, 0.6) is 0 Å². The van der Waals surface area contributed by atoms with Crippen molar-refractivity contribution in [2.45, 2.75) is 6.42 Å². The predicted molar refractivity (Wildman–Crippen MR) is 59.3 cm³/mol. The molecule has 76 valence electrons. The molecule has 2 nitrogen and oxygen atoms in total. The number of hydrogen-bond donors (Lipinski definition) is 1. The van der Waals surface area contributed by atoms with E-state index < -0.39 is 11.9 Å². The Hall–Kier alpha value is -1.83. The van der Waals surface area contributed by atoms with Gasteiger partial charge in [0.15, 0.2) is 0 Å². The number of hydrogen-bond acceptors (Lipinski definition) is 1. The van der Waals surface area contributed by atoms with Gasteiger partial charge in [0.05, 0.1) is 0 Å². The molecule has 1 aliphatic carbocycles. The maximum absolute atomic E-state index is 11.0. The first kappa shape index (κ1) is 9.71. The summed E-state index contributed by atoms with van der Waals surface area (Å²) >= 11 is 0. The van der Waals surface area contributed by atoms with Crippen molar-refractivity contribution in [2.24, 2.45) is 5.92 Å². The van der Waals surface area contributed by atoms with E-state index in [4.69, 9.17) is 5.11 Å². The largest absolute Gasteiger partial charge is 0.481 e. The zero-order valence-corrected chi connectivity index (χ0v) is 8.26. The molecule has 1 aromatic rings. The van der Waals surface area contributed by atoms with Crippen LogP contribution in [0.3, 0.4) is 0 Å². The van der Waals surface area contributed by atoms with Crippen molar-refractivity contribution in [3.63, 3.8) is 0 Å². The van der Waals surface area contributed by atoms with E-state index in [2.05, 4.69) is 0 Å². The highest BCUT2D eigenvalue weighted by atomic mass is 16.4. The molecule has 1 aromatic carbocycles.